The van der Waals surface area contributed by atoms with Gasteiger partial charge in [-0.15, -0.1) is 0 Å². The molecule has 1 N–H and O–H groups in total. The lowest BCUT2D eigenvalue weighted by Crippen LogP contribution is -2.54. The highest BCUT2D eigenvalue weighted by molar-refractivity contribution is 5.50. The molecule has 5 rings (SSSR count). The summed E-state index contributed by atoms with van der Waals surface area (Å²) in [6, 6.07) is 4.64. The molecule has 4 saturated carbocycles. The molecular weight excluding hydrogens is 302 g/mol. The Morgan fingerprint density at radius 3 is 1.88 bits per heavy atom. The van der Waals surface area contributed by atoms with Crippen molar-refractivity contribution in [3.63, 3.8) is 0 Å². The Kier molecular flexibility index (Phi) is 4.33. The first kappa shape index (κ1) is 16.1. The molecule has 0 atom stereocenters. The van der Waals surface area contributed by atoms with E-state index < -0.39 is 0 Å². The minimum Gasteiger partial charge on any atom is -0.496 e. The lowest BCUT2D eigenvalue weighted by Gasteiger charge is -2.54. The zero-order chi connectivity index (χ0) is 16.7. The van der Waals surface area contributed by atoms with Crippen molar-refractivity contribution in [3.05, 3.63) is 17.7 Å². The third-order valence-corrected chi connectivity index (χ3v) is 6.54. The monoisotopic (exact) mass is 331 g/mol. The van der Waals surface area contributed by atoms with Gasteiger partial charge in [0.25, 0.3) is 0 Å². The predicted octanol–water partition coefficient (Wildman–Crippen LogP) is 3.63. The van der Waals surface area contributed by atoms with E-state index in [4.69, 9.17) is 14.2 Å². The van der Waals surface area contributed by atoms with E-state index in [1.165, 1.54) is 32.1 Å². The highest BCUT2D eigenvalue weighted by Crippen LogP contribution is 2.53. The van der Waals surface area contributed by atoms with E-state index >= 15 is 0 Å². The number of nitrogens with one attached hydrogen (secondary N) is 1. The van der Waals surface area contributed by atoms with Crippen LogP contribution < -0.4 is 19.5 Å². The van der Waals surface area contributed by atoms with E-state index in [0.717, 1.165) is 47.3 Å². The second-order valence-corrected chi connectivity index (χ2v) is 7.86. The van der Waals surface area contributed by atoms with Crippen molar-refractivity contribution in [1.29, 1.82) is 0 Å². The Morgan fingerprint density at radius 2 is 1.33 bits per heavy atom. The molecule has 0 spiro atoms. The summed E-state index contributed by atoms with van der Waals surface area (Å²) in [6.07, 6.45) is 7.26. The molecule has 24 heavy (non-hydrogen) atoms. The van der Waals surface area contributed by atoms with Gasteiger partial charge in [0.2, 0.25) is 0 Å². The molecule has 0 amide bonds. The minimum absolute atomic E-state index is 0.676. The van der Waals surface area contributed by atoms with E-state index in [-0.39, 0.29) is 0 Å². The van der Waals surface area contributed by atoms with Crippen LogP contribution in [0.5, 0.6) is 17.2 Å². The highest BCUT2D eigenvalue weighted by atomic mass is 16.5. The van der Waals surface area contributed by atoms with E-state index in [0.29, 0.717) is 11.8 Å². The summed E-state index contributed by atoms with van der Waals surface area (Å²) < 4.78 is 16.4. The van der Waals surface area contributed by atoms with Crippen LogP contribution in [0.2, 0.25) is 0 Å². The number of hydrogen-bond donors (Lipinski definition) is 1. The van der Waals surface area contributed by atoms with Crippen molar-refractivity contribution in [3.8, 4) is 17.2 Å². The van der Waals surface area contributed by atoms with Crippen LogP contribution in [-0.4, -0.2) is 27.4 Å². The standard InChI is InChI=1S/C20H29NO3/c1-22-17-10-19(24-3)18(23-2)9-16(17)11-21-20-14-5-12-4-13(7-14)8-15(20)6-12/h9-10,12-15,20-21H,4-8,11H2,1-3H3. The van der Waals surface area contributed by atoms with E-state index in [2.05, 4.69) is 5.32 Å². The first-order valence-corrected chi connectivity index (χ1v) is 9.24. The largest absolute Gasteiger partial charge is 0.496 e. The molecule has 0 aromatic heterocycles. The number of ether oxygens (including phenoxy) is 3. The summed E-state index contributed by atoms with van der Waals surface area (Å²) in [5, 5.41) is 3.87. The Hall–Kier alpha value is -1.42. The number of hydrogen-bond acceptors (Lipinski definition) is 4. The molecule has 0 saturated heterocycles. The Balaban J connectivity index is 1.49. The predicted molar refractivity (Wildman–Crippen MR) is 93.8 cm³/mol. The fourth-order valence-corrected chi connectivity index (χ4v) is 5.72. The van der Waals surface area contributed by atoms with Gasteiger partial charge in [0.05, 0.1) is 21.3 Å². The van der Waals surface area contributed by atoms with E-state index in [1.807, 2.05) is 12.1 Å². The SMILES string of the molecule is COc1cc(OC)c(OC)cc1CNC1C2CC3CC(C2)CC1C3. The summed E-state index contributed by atoms with van der Waals surface area (Å²) >= 11 is 0. The highest BCUT2D eigenvalue weighted by Gasteiger charge is 2.47. The third-order valence-electron chi connectivity index (χ3n) is 6.54. The van der Waals surface area contributed by atoms with Crippen molar-refractivity contribution in [2.75, 3.05) is 21.3 Å². The Morgan fingerprint density at radius 1 is 0.792 bits per heavy atom. The van der Waals surface area contributed by atoms with Crippen LogP contribution in [0.3, 0.4) is 0 Å². The first-order valence-electron chi connectivity index (χ1n) is 9.24. The van der Waals surface area contributed by atoms with Crippen LogP contribution in [-0.2, 0) is 6.54 Å². The molecule has 4 fully saturated rings. The normalized spacial score (nSPS) is 33.5. The second kappa shape index (κ2) is 6.47. The van der Waals surface area contributed by atoms with Gasteiger partial charge in [-0.2, -0.15) is 0 Å². The maximum Gasteiger partial charge on any atom is 0.164 e. The van der Waals surface area contributed by atoms with Crippen LogP contribution in [0.4, 0.5) is 0 Å². The molecule has 1 aromatic carbocycles. The van der Waals surface area contributed by atoms with Crippen LogP contribution in [0.1, 0.15) is 37.7 Å². The van der Waals surface area contributed by atoms with Gasteiger partial charge in [-0.1, -0.05) is 0 Å². The summed E-state index contributed by atoms with van der Waals surface area (Å²) in [6.45, 7) is 0.830. The van der Waals surface area contributed by atoms with Gasteiger partial charge in [0.15, 0.2) is 11.5 Å². The fraction of sp³-hybridized carbons (Fsp3) is 0.700. The van der Waals surface area contributed by atoms with Crippen LogP contribution in [0.15, 0.2) is 12.1 Å². The van der Waals surface area contributed by atoms with Gasteiger partial charge >= 0.3 is 0 Å². The lowest BCUT2D eigenvalue weighted by atomic mass is 9.54. The van der Waals surface area contributed by atoms with Crippen LogP contribution in [0, 0.1) is 23.7 Å². The molecule has 1 aromatic rings. The maximum atomic E-state index is 5.57. The number of rotatable bonds is 6. The third kappa shape index (κ3) is 2.75. The van der Waals surface area contributed by atoms with Crippen molar-refractivity contribution >= 4 is 0 Å². The number of methoxy groups -OCH3 is 3. The molecule has 132 valence electrons. The van der Waals surface area contributed by atoms with Crippen LogP contribution >= 0.6 is 0 Å². The molecule has 0 aliphatic heterocycles. The van der Waals surface area contributed by atoms with Gasteiger partial charge in [-0.05, 0) is 61.8 Å². The molecule has 4 bridgehead atoms. The van der Waals surface area contributed by atoms with Gasteiger partial charge in [-0.3, -0.25) is 0 Å². The van der Waals surface area contributed by atoms with Crippen molar-refractivity contribution in [2.45, 2.75) is 44.7 Å². The number of benzene rings is 1. The first-order chi connectivity index (χ1) is 11.7. The van der Waals surface area contributed by atoms with Crippen molar-refractivity contribution in [2.24, 2.45) is 23.7 Å². The zero-order valence-electron chi connectivity index (χ0n) is 15.0. The summed E-state index contributed by atoms with van der Waals surface area (Å²) in [4.78, 5) is 0. The molecular formula is C20H29NO3. The Bertz CT molecular complexity index is 573. The van der Waals surface area contributed by atoms with Gasteiger partial charge in [0, 0.05) is 24.2 Å². The molecule has 0 unspecified atom stereocenters. The van der Waals surface area contributed by atoms with Crippen LogP contribution in [0.25, 0.3) is 0 Å². The summed E-state index contributed by atoms with van der Waals surface area (Å²) in [7, 11) is 5.05. The Labute approximate surface area is 144 Å². The zero-order valence-corrected chi connectivity index (χ0v) is 15.0. The van der Waals surface area contributed by atoms with Gasteiger partial charge in [0.1, 0.15) is 5.75 Å². The summed E-state index contributed by atoms with van der Waals surface area (Å²) in [5.41, 5.74) is 1.14. The summed E-state index contributed by atoms with van der Waals surface area (Å²) in [5.74, 6) is 6.14. The van der Waals surface area contributed by atoms with Gasteiger partial charge < -0.3 is 19.5 Å². The molecule has 4 nitrogen and oxygen atoms in total. The fourth-order valence-electron chi connectivity index (χ4n) is 5.72. The molecule has 4 heteroatoms. The smallest absolute Gasteiger partial charge is 0.164 e. The minimum atomic E-state index is 0.676. The molecule has 0 heterocycles. The average molecular weight is 331 g/mol. The molecule has 0 radical (unpaired) electrons. The van der Waals surface area contributed by atoms with E-state index in [1.54, 1.807) is 21.3 Å². The maximum absolute atomic E-state index is 5.57. The van der Waals surface area contributed by atoms with Crippen molar-refractivity contribution < 1.29 is 14.2 Å². The second-order valence-electron chi connectivity index (χ2n) is 7.86. The quantitative estimate of drug-likeness (QED) is 0.864. The lowest BCUT2D eigenvalue weighted by molar-refractivity contribution is -0.0143. The van der Waals surface area contributed by atoms with E-state index in [9.17, 15) is 0 Å². The topological polar surface area (TPSA) is 39.7 Å². The average Bonchev–Trinajstić information content (AvgIpc) is 2.59. The molecule has 4 aliphatic carbocycles. The molecule has 4 aliphatic rings. The van der Waals surface area contributed by atoms with Gasteiger partial charge in [-0.25, -0.2) is 0 Å². The van der Waals surface area contributed by atoms with Crippen molar-refractivity contribution in [1.82, 2.24) is 5.32 Å².